The Labute approximate surface area is 117 Å². The third-order valence-corrected chi connectivity index (χ3v) is 4.67. The smallest absolute Gasteiger partial charge is 0.303 e. The third-order valence-electron chi connectivity index (χ3n) is 3.32. The number of carboxylic acid groups (broad SMARTS) is 1. The van der Waals surface area contributed by atoms with Gasteiger partial charge in [-0.05, 0) is 49.3 Å². The second kappa shape index (κ2) is 6.02. The highest BCUT2D eigenvalue weighted by molar-refractivity contribution is 7.20. The molecule has 1 aromatic heterocycles. The van der Waals surface area contributed by atoms with Crippen molar-refractivity contribution >= 4 is 33.0 Å². The number of allylic oxidation sites excluding steroid dienone is 2. The molecule has 0 atom stereocenters. The van der Waals surface area contributed by atoms with Crippen LogP contribution in [0.1, 0.15) is 36.6 Å². The predicted molar refractivity (Wildman–Crippen MR) is 81.7 cm³/mol. The van der Waals surface area contributed by atoms with Crippen LogP contribution in [-0.2, 0) is 4.79 Å². The first-order valence-electron chi connectivity index (χ1n) is 6.49. The van der Waals surface area contributed by atoms with E-state index >= 15 is 0 Å². The highest BCUT2D eigenvalue weighted by atomic mass is 32.1. The largest absolute Gasteiger partial charge is 0.481 e. The molecule has 0 unspecified atom stereocenters. The van der Waals surface area contributed by atoms with E-state index in [0.29, 0.717) is 6.42 Å². The van der Waals surface area contributed by atoms with Crippen molar-refractivity contribution in [3.63, 3.8) is 0 Å². The van der Waals surface area contributed by atoms with Gasteiger partial charge >= 0.3 is 5.97 Å². The summed E-state index contributed by atoms with van der Waals surface area (Å²) in [6.45, 7) is 4.18. The summed E-state index contributed by atoms with van der Waals surface area (Å²) in [6.07, 6.45) is 3.88. The number of aryl methyl sites for hydroxylation is 1. The van der Waals surface area contributed by atoms with Gasteiger partial charge in [0.25, 0.3) is 0 Å². The fourth-order valence-electron chi connectivity index (χ4n) is 2.30. The Morgan fingerprint density at radius 2 is 2.05 bits per heavy atom. The Morgan fingerprint density at radius 1 is 1.32 bits per heavy atom. The van der Waals surface area contributed by atoms with Crippen molar-refractivity contribution < 1.29 is 9.90 Å². The quantitative estimate of drug-likeness (QED) is 0.844. The van der Waals surface area contributed by atoms with E-state index in [1.54, 1.807) is 11.3 Å². The lowest BCUT2D eigenvalue weighted by atomic mass is 10.0. The number of benzene rings is 1. The zero-order valence-corrected chi connectivity index (χ0v) is 12.1. The molecule has 0 aliphatic carbocycles. The van der Waals surface area contributed by atoms with Crippen molar-refractivity contribution in [3.05, 3.63) is 40.8 Å². The van der Waals surface area contributed by atoms with Crippen molar-refractivity contribution in [2.75, 3.05) is 0 Å². The van der Waals surface area contributed by atoms with Crippen molar-refractivity contribution in [2.45, 2.75) is 33.1 Å². The number of hydrogen-bond acceptors (Lipinski definition) is 2. The van der Waals surface area contributed by atoms with Crippen LogP contribution in [0.4, 0.5) is 0 Å². The van der Waals surface area contributed by atoms with E-state index in [4.69, 9.17) is 5.11 Å². The molecule has 0 bridgehead atoms. The van der Waals surface area contributed by atoms with Crippen LogP contribution in [0.5, 0.6) is 0 Å². The van der Waals surface area contributed by atoms with Gasteiger partial charge in [-0.15, -0.1) is 11.3 Å². The number of hydrogen-bond donors (Lipinski definition) is 1. The summed E-state index contributed by atoms with van der Waals surface area (Å²) >= 11 is 1.80. The zero-order valence-electron chi connectivity index (χ0n) is 11.3. The van der Waals surface area contributed by atoms with Crippen LogP contribution in [-0.4, -0.2) is 11.1 Å². The molecule has 0 saturated carbocycles. The maximum atomic E-state index is 10.6. The lowest BCUT2D eigenvalue weighted by Gasteiger charge is -2.05. The summed E-state index contributed by atoms with van der Waals surface area (Å²) in [5.74, 6) is -0.719. The maximum Gasteiger partial charge on any atom is 0.303 e. The first-order valence-corrected chi connectivity index (χ1v) is 7.30. The molecule has 0 fully saturated rings. The molecule has 0 spiro atoms. The third kappa shape index (κ3) is 3.04. The Kier molecular flexibility index (Phi) is 4.38. The van der Waals surface area contributed by atoms with E-state index in [1.807, 2.05) is 6.92 Å². The lowest BCUT2D eigenvalue weighted by molar-refractivity contribution is -0.137. The van der Waals surface area contributed by atoms with E-state index in [-0.39, 0.29) is 6.42 Å². The van der Waals surface area contributed by atoms with Gasteiger partial charge in [0.05, 0.1) is 0 Å². The molecule has 1 heterocycles. The molecule has 2 aromatic rings. The maximum absolute atomic E-state index is 10.6. The van der Waals surface area contributed by atoms with Gasteiger partial charge in [0, 0.05) is 16.0 Å². The highest BCUT2D eigenvalue weighted by Gasteiger charge is 2.11. The van der Waals surface area contributed by atoms with Gasteiger partial charge in [-0.2, -0.15) is 0 Å². The fourth-order valence-corrected chi connectivity index (χ4v) is 3.61. The minimum atomic E-state index is -0.719. The van der Waals surface area contributed by atoms with Crippen LogP contribution in [0.25, 0.3) is 15.7 Å². The van der Waals surface area contributed by atoms with Gasteiger partial charge in [0.2, 0.25) is 0 Å². The summed E-state index contributed by atoms with van der Waals surface area (Å²) in [6, 6.07) is 8.41. The molecule has 100 valence electrons. The SMILES string of the molecule is C/C=C(/CCCC(=O)O)c1sc2ccccc2c1C. The Bertz CT molecular complexity index is 623. The summed E-state index contributed by atoms with van der Waals surface area (Å²) in [5, 5.41) is 10.0. The van der Waals surface area contributed by atoms with Gasteiger partial charge in [-0.25, -0.2) is 0 Å². The second-order valence-corrected chi connectivity index (χ2v) is 5.67. The molecule has 0 radical (unpaired) electrons. The Hall–Kier alpha value is -1.61. The molecule has 1 N–H and O–H groups in total. The molecular formula is C16H18O2S. The molecule has 0 aliphatic heterocycles. The zero-order chi connectivity index (χ0) is 13.8. The number of aliphatic carboxylic acids is 1. The van der Waals surface area contributed by atoms with Gasteiger partial charge in [0.15, 0.2) is 0 Å². The van der Waals surface area contributed by atoms with E-state index in [2.05, 4.69) is 37.3 Å². The number of fused-ring (bicyclic) bond motifs is 1. The first kappa shape index (κ1) is 13.8. The molecular weight excluding hydrogens is 256 g/mol. The first-order chi connectivity index (χ1) is 9.13. The van der Waals surface area contributed by atoms with E-state index in [9.17, 15) is 4.79 Å². The van der Waals surface area contributed by atoms with Crippen LogP contribution in [0.3, 0.4) is 0 Å². The minimum absolute atomic E-state index is 0.237. The molecule has 2 nitrogen and oxygen atoms in total. The molecule has 2 rings (SSSR count). The van der Waals surface area contributed by atoms with Gasteiger partial charge in [-0.1, -0.05) is 24.3 Å². The summed E-state index contributed by atoms with van der Waals surface area (Å²) in [4.78, 5) is 11.9. The standard InChI is InChI=1S/C16H18O2S/c1-3-12(7-6-10-15(17)18)16-11(2)13-8-4-5-9-14(13)19-16/h3-5,8-9H,6-7,10H2,1-2H3,(H,17,18)/b12-3-. The van der Waals surface area contributed by atoms with Crippen LogP contribution in [0.15, 0.2) is 30.3 Å². The van der Waals surface area contributed by atoms with Crippen molar-refractivity contribution in [3.8, 4) is 0 Å². The van der Waals surface area contributed by atoms with Crippen LogP contribution in [0, 0.1) is 6.92 Å². The summed E-state index contributed by atoms with van der Waals surface area (Å²) < 4.78 is 1.30. The number of rotatable bonds is 5. The Morgan fingerprint density at radius 3 is 2.68 bits per heavy atom. The van der Waals surface area contributed by atoms with Gasteiger partial charge in [0.1, 0.15) is 0 Å². The predicted octanol–water partition coefficient (Wildman–Crippen LogP) is 4.87. The van der Waals surface area contributed by atoms with Crippen LogP contribution < -0.4 is 0 Å². The number of thiophene rings is 1. The van der Waals surface area contributed by atoms with Crippen LogP contribution >= 0.6 is 11.3 Å². The fraction of sp³-hybridized carbons (Fsp3) is 0.312. The topological polar surface area (TPSA) is 37.3 Å². The summed E-state index contributed by atoms with van der Waals surface area (Å²) in [7, 11) is 0. The normalized spacial score (nSPS) is 12.0. The van der Waals surface area contributed by atoms with Gasteiger partial charge in [-0.3, -0.25) is 4.79 Å². The molecule has 0 aliphatic rings. The average molecular weight is 274 g/mol. The molecule has 3 heteroatoms. The van der Waals surface area contributed by atoms with E-state index in [1.165, 1.54) is 26.1 Å². The van der Waals surface area contributed by atoms with Crippen LogP contribution in [0.2, 0.25) is 0 Å². The molecule has 0 amide bonds. The second-order valence-electron chi connectivity index (χ2n) is 4.61. The molecule has 1 aromatic carbocycles. The molecule has 0 saturated heterocycles. The monoisotopic (exact) mass is 274 g/mol. The summed E-state index contributed by atoms with van der Waals surface area (Å²) in [5.41, 5.74) is 2.57. The van der Waals surface area contributed by atoms with Crippen molar-refractivity contribution in [2.24, 2.45) is 0 Å². The van der Waals surface area contributed by atoms with Gasteiger partial charge < -0.3 is 5.11 Å². The van der Waals surface area contributed by atoms with E-state index < -0.39 is 5.97 Å². The molecule has 19 heavy (non-hydrogen) atoms. The highest BCUT2D eigenvalue weighted by Crippen LogP contribution is 2.36. The van der Waals surface area contributed by atoms with E-state index in [0.717, 1.165) is 6.42 Å². The average Bonchev–Trinajstić information content (AvgIpc) is 2.73. The number of carbonyl (C=O) groups is 1. The minimum Gasteiger partial charge on any atom is -0.481 e. The lowest BCUT2D eigenvalue weighted by Crippen LogP contribution is -1.94. The van der Waals surface area contributed by atoms with Crippen molar-refractivity contribution in [1.29, 1.82) is 0 Å². The number of carboxylic acids is 1. The Balaban J connectivity index is 2.26. The van der Waals surface area contributed by atoms with Crippen molar-refractivity contribution in [1.82, 2.24) is 0 Å².